The molecule has 2 aromatic carbocycles. The van der Waals surface area contributed by atoms with Crippen molar-refractivity contribution >= 4 is 70.5 Å². The Labute approximate surface area is 317 Å². The molecular weight excluding hydrogens is 716 g/mol. The van der Waals surface area contributed by atoms with Gasteiger partial charge in [0.05, 0.1) is 22.1 Å². The van der Waals surface area contributed by atoms with E-state index in [1.54, 1.807) is 0 Å². The van der Waals surface area contributed by atoms with E-state index >= 15 is 0 Å². The van der Waals surface area contributed by atoms with E-state index in [1.165, 1.54) is 43.8 Å². The Bertz CT molecular complexity index is 1720. The van der Waals surface area contributed by atoms with Gasteiger partial charge in [-0.05, 0) is 79.7 Å². The van der Waals surface area contributed by atoms with Crippen LogP contribution in [0.1, 0.15) is 133 Å². The molecule has 0 unspecified atom stereocenters. The van der Waals surface area contributed by atoms with Gasteiger partial charge in [-0.3, -0.25) is 20.2 Å². The van der Waals surface area contributed by atoms with Gasteiger partial charge in [0.1, 0.15) is 0 Å². The van der Waals surface area contributed by atoms with Gasteiger partial charge < -0.3 is 9.13 Å². The lowest BCUT2D eigenvalue weighted by Crippen LogP contribution is -2.24. The number of aromatic nitrogens is 4. The summed E-state index contributed by atoms with van der Waals surface area (Å²) >= 11 is 3.53. The van der Waals surface area contributed by atoms with E-state index in [9.17, 15) is 9.59 Å². The third-order valence-corrected chi connectivity index (χ3v) is 13.7. The van der Waals surface area contributed by atoms with Gasteiger partial charge in [0.15, 0.2) is 0 Å². The molecule has 0 aliphatic heterocycles. The minimum atomic E-state index is -0.171. The largest absolute Gasteiger partial charge is 0.307 e. The number of anilines is 2. The molecule has 8 nitrogen and oxygen atoms in total. The molecule has 2 heterocycles. The molecular formula is C41H65BrN6O2Si. The van der Waals surface area contributed by atoms with Gasteiger partial charge in [0.25, 0.3) is 0 Å². The number of nitrogens with zero attached hydrogens (tertiary/aromatic N) is 4. The van der Waals surface area contributed by atoms with Gasteiger partial charge >= 0.3 is 0 Å². The number of imidazole rings is 2. The molecule has 4 aromatic rings. The number of carbonyl (C=O) groups is 2. The third kappa shape index (κ3) is 12.0. The van der Waals surface area contributed by atoms with Gasteiger partial charge in [0, 0.05) is 38.2 Å². The summed E-state index contributed by atoms with van der Waals surface area (Å²) in [5, 5.41) is 6.04. The molecule has 2 saturated carbocycles. The van der Waals surface area contributed by atoms with Crippen molar-refractivity contribution in [2.24, 2.45) is 10.8 Å². The van der Waals surface area contributed by atoms with Crippen molar-refractivity contribution in [2.45, 2.75) is 151 Å². The van der Waals surface area contributed by atoms with E-state index in [2.05, 4.69) is 120 Å². The van der Waals surface area contributed by atoms with Crippen LogP contribution in [0.2, 0.25) is 18.1 Å². The molecule has 6 rings (SSSR count). The number of carbonyl (C=O) groups excluding carboxylic acids is 2. The maximum Gasteiger partial charge on any atom is 0.227 e. The van der Waals surface area contributed by atoms with Gasteiger partial charge in [0.2, 0.25) is 23.7 Å². The summed E-state index contributed by atoms with van der Waals surface area (Å²) in [6.07, 6.45) is 8.14. The molecule has 2 aliphatic carbocycles. The van der Waals surface area contributed by atoms with Crippen LogP contribution < -0.4 is 10.6 Å². The van der Waals surface area contributed by atoms with Gasteiger partial charge in [-0.1, -0.05) is 116 Å². The highest BCUT2D eigenvalue weighted by molar-refractivity contribution is 9.10. The van der Waals surface area contributed by atoms with Gasteiger partial charge in [-0.2, -0.15) is 0 Å². The summed E-state index contributed by atoms with van der Waals surface area (Å²) in [7, 11) is -0.171. The Kier molecular flexibility index (Phi) is 15.5. The number of nitrogens with one attached hydrogen (secondary N) is 2. The van der Waals surface area contributed by atoms with E-state index in [0.29, 0.717) is 36.8 Å². The monoisotopic (exact) mass is 780 g/mol. The summed E-state index contributed by atoms with van der Waals surface area (Å²) in [6, 6.07) is 19.6. The van der Waals surface area contributed by atoms with Gasteiger partial charge in [-0.25, -0.2) is 9.97 Å². The fourth-order valence-electron chi connectivity index (χ4n) is 6.48. The number of para-hydroxylation sites is 2. The van der Waals surface area contributed by atoms with Crippen LogP contribution in [-0.2, 0) is 9.59 Å². The standard InChI is InChI=1S/C17H22BrN3O.C17H23N3O.C6H16Si.CH4/c1-17(2,3)10-15(22)20-16-19-13-8-7-11(18)9-14(13)21(16)12-5-4-6-12;1-17(2,3)11-15(21)19-16-18-13-9-4-5-10-14(13)20(16)12-7-6-8-12;1-4-7(5-2)6-3;/h7-9,12H,4-6,10H2,1-3H3,(H,19,20,22);4-5,9-10,12H,6-8,11H2,1-3H3,(H,18,19,21);7H,4-6H2,1-3H3;1H4. The number of hydrogen-bond donors (Lipinski definition) is 2. The highest BCUT2D eigenvalue weighted by Crippen LogP contribution is 2.39. The topological polar surface area (TPSA) is 93.8 Å². The summed E-state index contributed by atoms with van der Waals surface area (Å²) in [5.41, 5.74) is 4.05. The van der Waals surface area contributed by atoms with Crippen molar-refractivity contribution in [3.05, 3.63) is 46.9 Å². The second-order valence-corrected chi connectivity index (χ2v) is 21.7. The van der Waals surface area contributed by atoms with Crippen molar-refractivity contribution in [3.8, 4) is 0 Å². The number of hydrogen-bond acceptors (Lipinski definition) is 4. The summed E-state index contributed by atoms with van der Waals surface area (Å²) < 4.78 is 5.44. The van der Waals surface area contributed by atoms with Crippen LogP contribution >= 0.6 is 15.9 Å². The second kappa shape index (κ2) is 18.7. The van der Waals surface area contributed by atoms with Crippen LogP contribution in [0.5, 0.6) is 0 Å². The molecule has 0 radical (unpaired) electrons. The smallest absolute Gasteiger partial charge is 0.227 e. The third-order valence-electron chi connectivity index (χ3n) is 9.74. The first-order valence-electron chi connectivity index (χ1n) is 18.9. The van der Waals surface area contributed by atoms with Crippen LogP contribution in [0.25, 0.3) is 22.1 Å². The van der Waals surface area contributed by atoms with E-state index in [4.69, 9.17) is 0 Å². The second-order valence-electron chi connectivity index (χ2n) is 16.6. The first kappa shape index (κ1) is 42.4. The first-order valence-corrected chi connectivity index (χ1v) is 22.1. The quantitative estimate of drug-likeness (QED) is 0.165. The number of halogens is 1. The van der Waals surface area contributed by atoms with Crippen LogP contribution in [0, 0.1) is 10.8 Å². The SMILES string of the molecule is C.CC(C)(C)CC(=O)Nc1nc2ccc(Br)cc2n1C1CCC1.CC(C)(C)CC(=O)Nc1nc2ccccc2n1C1CCC1.CC[SiH](CC)CC. The van der Waals surface area contributed by atoms with Crippen LogP contribution in [-0.4, -0.2) is 39.7 Å². The predicted molar refractivity (Wildman–Crippen MR) is 224 cm³/mol. The first-order chi connectivity index (χ1) is 23.6. The molecule has 2 aliphatic rings. The molecule has 51 heavy (non-hydrogen) atoms. The zero-order valence-corrected chi connectivity index (χ0v) is 34.8. The average molecular weight is 782 g/mol. The molecule has 10 heteroatoms. The number of fused-ring (bicyclic) bond motifs is 2. The maximum atomic E-state index is 12.3. The molecule has 2 amide bonds. The van der Waals surface area contributed by atoms with Crippen LogP contribution in [0.3, 0.4) is 0 Å². The number of benzene rings is 2. The Balaban J connectivity index is 0.000000229. The maximum absolute atomic E-state index is 12.3. The fraction of sp³-hybridized carbons (Fsp3) is 0.610. The van der Waals surface area contributed by atoms with Crippen molar-refractivity contribution in [1.82, 2.24) is 19.1 Å². The van der Waals surface area contributed by atoms with Gasteiger partial charge in [-0.15, -0.1) is 0 Å². The molecule has 282 valence electrons. The average Bonchev–Trinajstić information content (AvgIpc) is 3.48. The molecule has 0 spiro atoms. The predicted octanol–water partition coefficient (Wildman–Crippen LogP) is 11.9. The van der Waals surface area contributed by atoms with Crippen LogP contribution in [0.15, 0.2) is 46.9 Å². The van der Waals surface area contributed by atoms with E-state index in [0.717, 1.165) is 39.4 Å². The summed E-state index contributed by atoms with van der Waals surface area (Å²) in [4.78, 5) is 33.8. The summed E-state index contributed by atoms with van der Waals surface area (Å²) in [6.45, 7) is 19.4. The van der Waals surface area contributed by atoms with Crippen molar-refractivity contribution in [1.29, 1.82) is 0 Å². The van der Waals surface area contributed by atoms with E-state index < -0.39 is 0 Å². The van der Waals surface area contributed by atoms with Crippen molar-refractivity contribution in [3.63, 3.8) is 0 Å². The lowest BCUT2D eigenvalue weighted by molar-refractivity contribution is -0.118. The number of amides is 2. The molecule has 0 atom stereocenters. The lowest BCUT2D eigenvalue weighted by atomic mass is 9.92. The van der Waals surface area contributed by atoms with Crippen molar-refractivity contribution in [2.75, 3.05) is 10.6 Å². The Morgan fingerprint density at radius 3 is 1.55 bits per heavy atom. The zero-order chi connectivity index (χ0) is 36.6. The van der Waals surface area contributed by atoms with E-state index in [-0.39, 0.29) is 38.9 Å². The Hall–Kier alpha value is -2.98. The van der Waals surface area contributed by atoms with E-state index in [1.807, 2.05) is 30.3 Å². The van der Waals surface area contributed by atoms with Crippen molar-refractivity contribution < 1.29 is 9.59 Å². The molecule has 2 N–H and O–H groups in total. The molecule has 0 saturated heterocycles. The normalized spacial score (nSPS) is 14.8. The Morgan fingerprint density at radius 2 is 1.16 bits per heavy atom. The molecule has 2 fully saturated rings. The minimum Gasteiger partial charge on any atom is -0.307 e. The zero-order valence-electron chi connectivity index (χ0n) is 32.0. The lowest BCUT2D eigenvalue weighted by Gasteiger charge is -2.29. The number of rotatable bonds is 9. The fourth-order valence-corrected chi connectivity index (χ4v) is 8.56. The Morgan fingerprint density at radius 1 is 0.725 bits per heavy atom. The summed E-state index contributed by atoms with van der Waals surface area (Å²) in [5.74, 6) is 1.46. The molecule has 2 aromatic heterocycles. The highest BCUT2D eigenvalue weighted by Gasteiger charge is 2.28. The van der Waals surface area contributed by atoms with Crippen LogP contribution in [0.4, 0.5) is 11.9 Å². The highest BCUT2D eigenvalue weighted by atomic mass is 79.9. The minimum absolute atomic E-state index is 0. The molecule has 0 bridgehead atoms.